The van der Waals surface area contributed by atoms with Crippen LogP contribution in [-0.2, 0) is 4.79 Å². The Kier molecular flexibility index (Phi) is 5.55. The predicted molar refractivity (Wildman–Crippen MR) is 131 cm³/mol. The lowest BCUT2D eigenvalue weighted by Gasteiger charge is -2.07. The summed E-state index contributed by atoms with van der Waals surface area (Å²) in [5.41, 5.74) is 4.66. The molecular formula is C27H19ClN2O3. The number of hydrogen-bond donors (Lipinski definition) is 1. The number of fused-ring (bicyclic) bond motifs is 1. The van der Waals surface area contributed by atoms with Crippen molar-refractivity contribution in [1.29, 1.82) is 0 Å². The maximum absolute atomic E-state index is 12.5. The van der Waals surface area contributed by atoms with E-state index in [1.165, 1.54) is 6.08 Å². The second-order valence-corrected chi connectivity index (χ2v) is 7.99. The molecule has 33 heavy (non-hydrogen) atoms. The highest BCUT2D eigenvalue weighted by Gasteiger charge is 2.11. The van der Waals surface area contributed by atoms with E-state index in [2.05, 4.69) is 10.3 Å². The number of hydrogen-bond acceptors (Lipinski definition) is 4. The summed E-state index contributed by atoms with van der Waals surface area (Å²) in [4.78, 5) is 17.1. The second-order valence-electron chi connectivity index (χ2n) is 7.55. The highest BCUT2D eigenvalue weighted by atomic mass is 35.5. The van der Waals surface area contributed by atoms with Crippen molar-refractivity contribution in [3.8, 4) is 22.8 Å². The molecule has 2 aromatic heterocycles. The summed E-state index contributed by atoms with van der Waals surface area (Å²) in [5.74, 6) is 1.54. The minimum atomic E-state index is -0.266. The van der Waals surface area contributed by atoms with Gasteiger partial charge in [-0.2, -0.15) is 0 Å². The van der Waals surface area contributed by atoms with Crippen molar-refractivity contribution < 1.29 is 13.6 Å². The van der Waals surface area contributed by atoms with Crippen molar-refractivity contribution in [3.63, 3.8) is 0 Å². The maximum Gasteiger partial charge on any atom is 0.248 e. The highest BCUT2D eigenvalue weighted by molar-refractivity contribution is 6.31. The summed E-state index contributed by atoms with van der Waals surface area (Å²) in [6.45, 7) is 1.92. The molecular weight excluding hydrogens is 436 g/mol. The minimum absolute atomic E-state index is 0.266. The molecule has 1 N–H and O–H groups in total. The number of halogens is 1. The molecule has 5 nitrogen and oxygen atoms in total. The quantitative estimate of drug-likeness (QED) is 0.281. The molecule has 162 valence electrons. The summed E-state index contributed by atoms with van der Waals surface area (Å²) < 4.78 is 11.7. The standard InChI is InChI=1S/C27H19ClN2O3/c1-17-7-8-19(27-30-23-16-20(28)9-12-25(23)33-27)15-22(17)29-26(31)14-11-21-10-13-24(32-21)18-5-3-2-4-6-18/h2-16H,1H3,(H,29,31)/b14-11+. The first-order valence-electron chi connectivity index (χ1n) is 10.4. The van der Waals surface area contributed by atoms with E-state index in [0.29, 0.717) is 33.5 Å². The topological polar surface area (TPSA) is 68.3 Å². The van der Waals surface area contributed by atoms with Crippen LogP contribution in [0.2, 0.25) is 5.02 Å². The van der Waals surface area contributed by atoms with E-state index in [4.69, 9.17) is 20.4 Å². The lowest BCUT2D eigenvalue weighted by atomic mass is 10.1. The number of rotatable bonds is 5. The zero-order valence-electron chi connectivity index (χ0n) is 17.7. The predicted octanol–water partition coefficient (Wildman–Crippen LogP) is 7.37. The van der Waals surface area contributed by atoms with E-state index in [0.717, 1.165) is 22.5 Å². The fourth-order valence-corrected chi connectivity index (χ4v) is 3.61. The zero-order valence-corrected chi connectivity index (χ0v) is 18.5. The number of amides is 1. The average Bonchev–Trinajstić information content (AvgIpc) is 3.47. The number of aromatic nitrogens is 1. The van der Waals surface area contributed by atoms with Crippen molar-refractivity contribution in [2.75, 3.05) is 5.32 Å². The molecule has 3 aromatic carbocycles. The van der Waals surface area contributed by atoms with Gasteiger partial charge in [0.2, 0.25) is 11.8 Å². The molecule has 5 aromatic rings. The summed E-state index contributed by atoms with van der Waals surface area (Å²) in [5, 5.41) is 3.51. The molecule has 5 rings (SSSR count). The van der Waals surface area contributed by atoms with E-state index in [1.807, 2.05) is 67.6 Å². The third-order valence-corrected chi connectivity index (χ3v) is 5.41. The SMILES string of the molecule is Cc1ccc(-c2nc3cc(Cl)ccc3o2)cc1NC(=O)/C=C/c1ccc(-c2ccccc2)o1. The van der Waals surface area contributed by atoms with Crippen LogP contribution < -0.4 is 5.32 Å². The Labute approximate surface area is 195 Å². The van der Waals surface area contributed by atoms with Crippen molar-refractivity contribution in [2.24, 2.45) is 0 Å². The Morgan fingerprint density at radius 3 is 2.64 bits per heavy atom. The van der Waals surface area contributed by atoms with Crippen molar-refractivity contribution in [2.45, 2.75) is 6.92 Å². The number of nitrogens with zero attached hydrogens (tertiary/aromatic N) is 1. The number of carbonyl (C=O) groups excluding carboxylic acids is 1. The number of carbonyl (C=O) groups is 1. The van der Waals surface area contributed by atoms with Gasteiger partial charge in [0.1, 0.15) is 17.0 Å². The molecule has 0 spiro atoms. The molecule has 6 heteroatoms. The first-order chi connectivity index (χ1) is 16.0. The lowest BCUT2D eigenvalue weighted by Crippen LogP contribution is -2.09. The molecule has 1 amide bonds. The highest BCUT2D eigenvalue weighted by Crippen LogP contribution is 2.29. The van der Waals surface area contributed by atoms with Crippen LogP contribution in [0.4, 0.5) is 5.69 Å². The van der Waals surface area contributed by atoms with Crippen LogP contribution in [-0.4, -0.2) is 10.9 Å². The van der Waals surface area contributed by atoms with Crippen LogP contribution in [0.15, 0.2) is 93.8 Å². The molecule has 0 aliphatic heterocycles. The largest absolute Gasteiger partial charge is 0.457 e. The van der Waals surface area contributed by atoms with Crippen molar-refractivity contribution in [1.82, 2.24) is 4.98 Å². The number of furan rings is 1. The second kappa shape index (κ2) is 8.81. The van der Waals surface area contributed by atoms with Crippen LogP contribution in [0.25, 0.3) is 40.0 Å². The van der Waals surface area contributed by atoms with Gasteiger partial charge in [-0.1, -0.05) is 48.0 Å². The van der Waals surface area contributed by atoms with Crippen LogP contribution >= 0.6 is 11.6 Å². The van der Waals surface area contributed by atoms with Crippen LogP contribution in [0.5, 0.6) is 0 Å². The van der Waals surface area contributed by atoms with E-state index in [9.17, 15) is 4.79 Å². The Morgan fingerprint density at radius 2 is 1.79 bits per heavy atom. The summed E-state index contributed by atoms with van der Waals surface area (Å²) in [7, 11) is 0. The van der Waals surface area contributed by atoms with E-state index >= 15 is 0 Å². The normalized spacial score (nSPS) is 11.3. The van der Waals surface area contributed by atoms with Gasteiger partial charge in [0.15, 0.2) is 5.58 Å². The van der Waals surface area contributed by atoms with Crippen molar-refractivity contribution in [3.05, 3.63) is 101 Å². The van der Waals surface area contributed by atoms with Crippen LogP contribution in [0.1, 0.15) is 11.3 Å². The first kappa shape index (κ1) is 20.8. The molecule has 0 saturated heterocycles. The van der Waals surface area contributed by atoms with Gasteiger partial charge in [-0.05, 0) is 61.0 Å². The monoisotopic (exact) mass is 454 g/mol. The number of benzene rings is 3. The Morgan fingerprint density at radius 1 is 0.939 bits per heavy atom. The minimum Gasteiger partial charge on any atom is -0.457 e. The smallest absolute Gasteiger partial charge is 0.248 e. The zero-order chi connectivity index (χ0) is 22.8. The van der Waals surface area contributed by atoms with Gasteiger partial charge >= 0.3 is 0 Å². The summed E-state index contributed by atoms with van der Waals surface area (Å²) in [6, 6.07) is 24.5. The molecule has 0 unspecified atom stereocenters. The molecule has 2 heterocycles. The molecule has 0 saturated carbocycles. The maximum atomic E-state index is 12.5. The molecule has 0 atom stereocenters. The molecule has 0 aliphatic rings. The van der Waals surface area contributed by atoms with Gasteiger partial charge in [-0.15, -0.1) is 0 Å². The van der Waals surface area contributed by atoms with Gasteiger partial charge in [0.25, 0.3) is 0 Å². The fourth-order valence-electron chi connectivity index (χ4n) is 3.45. The van der Waals surface area contributed by atoms with Gasteiger partial charge in [-0.3, -0.25) is 4.79 Å². The third-order valence-electron chi connectivity index (χ3n) is 5.18. The van der Waals surface area contributed by atoms with E-state index < -0.39 is 0 Å². The van der Waals surface area contributed by atoms with E-state index in [-0.39, 0.29) is 5.91 Å². The number of aryl methyl sites for hydroxylation is 1. The van der Waals surface area contributed by atoms with Gasteiger partial charge in [0, 0.05) is 27.9 Å². The van der Waals surface area contributed by atoms with Crippen LogP contribution in [0.3, 0.4) is 0 Å². The van der Waals surface area contributed by atoms with E-state index in [1.54, 1.807) is 24.3 Å². The molecule has 0 radical (unpaired) electrons. The first-order valence-corrected chi connectivity index (χ1v) is 10.7. The Bertz CT molecular complexity index is 1480. The number of oxazole rings is 1. The fraction of sp³-hybridized carbons (Fsp3) is 0.0370. The Balaban J connectivity index is 1.32. The summed E-state index contributed by atoms with van der Waals surface area (Å²) in [6.07, 6.45) is 3.09. The third kappa shape index (κ3) is 4.59. The number of anilines is 1. The summed E-state index contributed by atoms with van der Waals surface area (Å²) >= 11 is 6.04. The average molecular weight is 455 g/mol. The Hall–Kier alpha value is -4.09. The van der Waals surface area contributed by atoms with Gasteiger partial charge in [-0.25, -0.2) is 4.98 Å². The van der Waals surface area contributed by atoms with Crippen molar-refractivity contribution >= 4 is 40.4 Å². The lowest BCUT2D eigenvalue weighted by molar-refractivity contribution is -0.111. The molecule has 0 bridgehead atoms. The van der Waals surface area contributed by atoms with Crippen LogP contribution in [0, 0.1) is 6.92 Å². The molecule has 0 aliphatic carbocycles. The van der Waals surface area contributed by atoms with Gasteiger partial charge in [0.05, 0.1) is 0 Å². The number of nitrogens with one attached hydrogen (secondary N) is 1. The molecule has 0 fully saturated rings. The van der Waals surface area contributed by atoms with Gasteiger partial charge < -0.3 is 14.2 Å².